The van der Waals surface area contributed by atoms with Crippen LogP contribution in [0.4, 0.5) is 0 Å². The number of rotatable bonds is 6. The van der Waals surface area contributed by atoms with Crippen molar-refractivity contribution in [2.24, 2.45) is 0 Å². The summed E-state index contributed by atoms with van der Waals surface area (Å²) >= 11 is 0. The summed E-state index contributed by atoms with van der Waals surface area (Å²) in [6.07, 6.45) is 0.351. The van der Waals surface area contributed by atoms with Crippen LogP contribution in [0.3, 0.4) is 0 Å². The predicted molar refractivity (Wildman–Crippen MR) is 86.8 cm³/mol. The van der Waals surface area contributed by atoms with Crippen LogP contribution in [-0.4, -0.2) is 57.8 Å². The van der Waals surface area contributed by atoms with E-state index in [1.165, 1.54) is 0 Å². The zero-order valence-corrected chi connectivity index (χ0v) is 13.6. The molecule has 1 aromatic carbocycles. The molecule has 0 spiro atoms. The zero-order valence-electron chi connectivity index (χ0n) is 13.6. The number of aliphatic hydroxyl groups excluding tert-OH is 1. The van der Waals surface area contributed by atoms with Gasteiger partial charge in [-0.25, -0.2) is 0 Å². The minimum atomic E-state index is -0.425. The lowest BCUT2D eigenvalue weighted by Gasteiger charge is -2.35. The minimum absolute atomic E-state index is 0.425. The Kier molecular flexibility index (Phi) is 5.38. The van der Waals surface area contributed by atoms with Crippen molar-refractivity contribution >= 4 is 0 Å². The minimum Gasteiger partial charge on any atom is -0.424 e. The van der Waals surface area contributed by atoms with Crippen LogP contribution in [-0.2, 0) is 13.0 Å². The topological polar surface area (TPSA) is 65.6 Å². The van der Waals surface area contributed by atoms with E-state index in [-0.39, 0.29) is 0 Å². The van der Waals surface area contributed by atoms with E-state index in [2.05, 4.69) is 20.0 Å². The molecule has 0 unspecified atom stereocenters. The standard InChI is InChI=1S/C17H24N4O2/c1-2-16-18-19-17(23-16)13-21-10-8-20(9-11-21)12-15(22)14-6-4-3-5-7-14/h3-7,15,22H,2,8-13H2,1H3/t15-/m0/s1. The first-order valence-corrected chi connectivity index (χ1v) is 8.23. The molecule has 1 aliphatic heterocycles. The highest BCUT2D eigenvalue weighted by Crippen LogP contribution is 2.15. The van der Waals surface area contributed by atoms with Crippen LogP contribution in [0.25, 0.3) is 0 Å². The second-order valence-corrected chi connectivity index (χ2v) is 5.95. The number of hydrogen-bond donors (Lipinski definition) is 1. The first kappa shape index (κ1) is 16.1. The molecule has 2 heterocycles. The number of aliphatic hydroxyl groups is 1. The van der Waals surface area contributed by atoms with E-state index >= 15 is 0 Å². The maximum atomic E-state index is 10.3. The van der Waals surface area contributed by atoms with Gasteiger partial charge < -0.3 is 9.52 Å². The van der Waals surface area contributed by atoms with Gasteiger partial charge in [0.05, 0.1) is 12.6 Å². The van der Waals surface area contributed by atoms with Crippen molar-refractivity contribution in [1.82, 2.24) is 20.0 Å². The third-order valence-electron chi connectivity index (χ3n) is 4.25. The van der Waals surface area contributed by atoms with Crippen LogP contribution < -0.4 is 0 Å². The summed E-state index contributed by atoms with van der Waals surface area (Å²) in [5, 5.41) is 18.4. The van der Waals surface area contributed by atoms with Gasteiger partial charge in [0.1, 0.15) is 0 Å². The lowest BCUT2D eigenvalue weighted by molar-refractivity contribution is 0.0670. The molecule has 1 fully saturated rings. The Labute approximate surface area is 136 Å². The molecular weight excluding hydrogens is 292 g/mol. The molecule has 0 bridgehead atoms. The van der Waals surface area contributed by atoms with Gasteiger partial charge in [0.15, 0.2) is 0 Å². The smallest absolute Gasteiger partial charge is 0.230 e. The van der Waals surface area contributed by atoms with Crippen LogP contribution in [0.5, 0.6) is 0 Å². The van der Waals surface area contributed by atoms with E-state index in [1.807, 2.05) is 37.3 Å². The summed E-state index contributed by atoms with van der Waals surface area (Å²) < 4.78 is 5.57. The monoisotopic (exact) mass is 316 g/mol. The number of β-amino-alcohol motifs (C(OH)–C–C–N with tert-alkyl or cyclic N) is 1. The maximum absolute atomic E-state index is 10.3. The SMILES string of the molecule is CCc1nnc(CN2CCN(C[C@H](O)c3ccccc3)CC2)o1. The Morgan fingerprint density at radius 3 is 2.35 bits per heavy atom. The van der Waals surface area contributed by atoms with Gasteiger partial charge in [-0.15, -0.1) is 10.2 Å². The van der Waals surface area contributed by atoms with Crippen LogP contribution in [0.15, 0.2) is 34.7 Å². The zero-order chi connectivity index (χ0) is 16.1. The Morgan fingerprint density at radius 1 is 1.04 bits per heavy atom. The molecule has 23 heavy (non-hydrogen) atoms. The van der Waals surface area contributed by atoms with Gasteiger partial charge >= 0.3 is 0 Å². The molecule has 6 nitrogen and oxygen atoms in total. The molecule has 0 radical (unpaired) electrons. The average Bonchev–Trinajstić information content (AvgIpc) is 3.05. The van der Waals surface area contributed by atoms with Gasteiger partial charge in [-0.2, -0.15) is 0 Å². The van der Waals surface area contributed by atoms with Gasteiger partial charge in [0.25, 0.3) is 0 Å². The first-order chi connectivity index (χ1) is 11.2. The van der Waals surface area contributed by atoms with Gasteiger partial charge in [0, 0.05) is 39.1 Å². The highest BCUT2D eigenvalue weighted by atomic mass is 16.4. The first-order valence-electron chi connectivity index (χ1n) is 8.23. The van der Waals surface area contributed by atoms with Crippen LogP contribution in [0.2, 0.25) is 0 Å². The van der Waals surface area contributed by atoms with Crippen molar-refractivity contribution in [2.45, 2.75) is 26.0 Å². The second-order valence-electron chi connectivity index (χ2n) is 5.95. The highest BCUT2D eigenvalue weighted by Gasteiger charge is 2.21. The van der Waals surface area contributed by atoms with Crippen molar-refractivity contribution < 1.29 is 9.52 Å². The Balaban J connectivity index is 1.45. The largest absolute Gasteiger partial charge is 0.424 e. The number of piperazine rings is 1. The third-order valence-corrected chi connectivity index (χ3v) is 4.25. The van der Waals surface area contributed by atoms with E-state index in [9.17, 15) is 5.11 Å². The lowest BCUT2D eigenvalue weighted by atomic mass is 10.1. The van der Waals surface area contributed by atoms with E-state index in [0.717, 1.165) is 38.2 Å². The summed E-state index contributed by atoms with van der Waals surface area (Å²) in [7, 11) is 0. The highest BCUT2D eigenvalue weighted by molar-refractivity contribution is 5.17. The number of aromatic nitrogens is 2. The maximum Gasteiger partial charge on any atom is 0.230 e. The van der Waals surface area contributed by atoms with Crippen LogP contribution in [0, 0.1) is 0 Å². The molecule has 2 aromatic rings. The average molecular weight is 316 g/mol. The fraction of sp³-hybridized carbons (Fsp3) is 0.529. The summed E-state index contributed by atoms with van der Waals surface area (Å²) in [4.78, 5) is 4.62. The molecule has 1 saturated heterocycles. The van der Waals surface area contributed by atoms with Crippen molar-refractivity contribution in [1.29, 1.82) is 0 Å². The van der Waals surface area contributed by atoms with E-state index in [0.29, 0.717) is 24.9 Å². The van der Waals surface area contributed by atoms with E-state index < -0.39 is 6.10 Å². The third kappa shape index (κ3) is 4.37. The molecule has 0 aliphatic carbocycles. The molecule has 124 valence electrons. The number of nitrogens with zero attached hydrogens (tertiary/aromatic N) is 4. The molecule has 0 saturated carbocycles. The molecule has 0 amide bonds. The van der Waals surface area contributed by atoms with Crippen molar-refractivity contribution in [3.05, 3.63) is 47.7 Å². The molecule has 6 heteroatoms. The molecule has 1 atom stereocenters. The Bertz CT molecular complexity index is 594. The van der Waals surface area contributed by atoms with Crippen molar-refractivity contribution in [3.8, 4) is 0 Å². The molecule has 1 N–H and O–H groups in total. The lowest BCUT2D eigenvalue weighted by Crippen LogP contribution is -2.47. The van der Waals surface area contributed by atoms with Crippen LogP contribution in [0.1, 0.15) is 30.4 Å². The second kappa shape index (κ2) is 7.68. The van der Waals surface area contributed by atoms with Gasteiger partial charge in [0.2, 0.25) is 11.8 Å². The number of hydrogen-bond acceptors (Lipinski definition) is 6. The van der Waals surface area contributed by atoms with Crippen molar-refractivity contribution in [2.75, 3.05) is 32.7 Å². The van der Waals surface area contributed by atoms with Gasteiger partial charge in [-0.3, -0.25) is 9.80 Å². The quantitative estimate of drug-likeness (QED) is 0.871. The summed E-state index contributed by atoms with van der Waals surface area (Å²) in [6.45, 7) is 7.18. The molecule has 3 rings (SSSR count). The normalized spacial score (nSPS) is 18.2. The fourth-order valence-electron chi connectivity index (χ4n) is 2.84. The van der Waals surface area contributed by atoms with Gasteiger partial charge in [-0.05, 0) is 5.56 Å². The van der Waals surface area contributed by atoms with E-state index in [4.69, 9.17) is 4.42 Å². The summed E-state index contributed by atoms with van der Waals surface area (Å²) in [6, 6.07) is 9.84. The Morgan fingerprint density at radius 2 is 1.70 bits per heavy atom. The van der Waals surface area contributed by atoms with Crippen LogP contribution >= 0.6 is 0 Å². The molecule has 1 aromatic heterocycles. The summed E-state index contributed by atoms with van der Waals surface area (Å²) in [5.41, 5.74) is 0.980. The number of benzene rings is 1. The van der Waals surface area contributed by atoms with Crippen molar-refractivity contribution in [3.63, 3.8) is 0 Å². The number of aryl methyl sites for hydroxylation is 1. The fourth-order valence-corrected chi connectivity index (χ4v) is 2.84. The van der Waals surface area contributed by atoms with Gasteiger partial charge in [-0.1, -0.05) is 37.3 Å². The molecule has 1 aliphatic rings. The predicted octanol–water partition coefficient (Wildman–Crippen LogP) is 1.48. The Hall–Kier alpha value is -1.76. The van der Waals surface area contributed by atoms with E-state index in [1.54, 1.807) is 0 Å². The molecular formula is C17H24N4O2. The summed E-state index contributed by atoms with van der Waals surface area (Å²) in [5.74, 6) is 1.39.